The molecule has 22 heteroatoms. The van der Waals surface area contributed by atoms with Crippen LogP contribution in [0.1, 0.15) is 75.1 Å². The van der Waals surface area contributed by atoms with E-state index in [0.717, 1.165) is 21.9 Å². The zero-order valence-corrected chi connectivity index (χ0v) is 36.1. The van der Waals surface area contributed by atoms with E-state index in [1.807, 2.05) is 0 Å². The Morgan fingerprint density at radius 1 is 1.05 bits per heavy atom. The number of hydrogen-bond acceptors (Lipinski definition) is 10. The molecule has 2 atom stereocenters. The van der Waals surface area contributed by atoms with E-state index in [-0.39, 0.29) is 86.9 Å². The number of aryl methyl sites for hydroxylation is 1. The minimum absolute atomic E-state index is 0. The van der Waals surface area contributed by atoms with E-state index in [2.05, 4.69) is 15.7 Å². The molecule has 2 aromatic carbocycles. The number of piperazine rings is 1. The van der Waals surface area contributed by atoms with Gasteiger partial charge in [0.25, 0.3) is 5.91 Å². The van der Waals surface area contributed by atoms with Gasteiger partial charge in [-0.2, -0.15) is 36.7 Å². The number of anilines is 2. The van der Waals surface area contributed by atoms with E-state index in [1.165, 1.54) is 16.8 Å². The van der Waals surface area contributed by atoms with Gasteiger partial charge in [0.15, 0.2) is 5.11 Å². The van der Waals surface area contributed by atoms with Gasteiger partial charge >= 0.3 is 12.4 Å². The molecule has 3 aromatic rings. The predicted octanol–water partition coefficient (Wildman–Crippen LogP) is 5.63. The van der Waals surface area contributed by atoms with Crippen molar-refractivity contribution in [1.29, 1.82) is 5.26 Å². The van der Waals surface area contributed by atoms with Crippen molar-refractivity contribution in [3.63, 3.8) is 0 Å². The maximum Gasteiger partial charge on any atom is 0.417 e. The van der Waals surface area contributed by atoms with Crippen LogP contribution < -0.4 is 15.5 Å². The molecular formula is C41H46ClF6N9O5S. The number of carbonyl (C=O) groups is 4. The number of benzene rings is 2. The van der Waals surface area contributed by atoms with E-state index in [1.54, 1.807) is 48.9 Å². The number of para-hydroxylation sites is 1. The van der Waals surface area contributed by atoms with Crippen molar-refractivity contribution in [3.8, 4) is 6.07 Å². The van der Waals surface area contributed by atoms with E-state index >= 15 is 0 Å². The lowest BCUT2D eigenvalue weighted by molar-refractivity contribution is -0.197. The van der Waals surface area contributed by atoms with Crippen molar-refractivity contribution in [3.05, 3.63) is 53.2 Å². The number of hydrogen-bond donors (Lipinski definition) is 2. The van der Waals surface area contributed by atoms with Gasteiger partial charge in [-0.3, -0.25) is 43.9 Å². The standard InChI is InChI=1S/C41H45F6N9O5S.ClH/c1-39(2)37(60)55(25-8-7-23(20-48)29(19-25)40(42,43)44)38(62)56(39)24-9-11-26(12-10-24)61-18-17-53-15-16-54(31(21-53)41(45,46)47)22-33(58)49-30-6-4-5-27-34(51-52(3)35(27)30)28-13-14-32(57)50-36(28)59;/h4-8,19,24,26,28,31H,9-18,21-22H2,1-3H3,(H,49,58)(H,50,57,59);1H/t24?,26?,28?,31-;/m1./s1. The number of imide groups is 1. The summed E-state index contributed by atoms with van der Waals surface area (Å²) in [6.45, 7) is 3.05. The first-order valence-electron chi connectivity index (χ1n) is 20.2. The van der Waals surface area contributed by atoms with Crippen molar-refractivity contribution < 1.29 is 50.3 Å². The first-order chi connectivity index (χ1) is 29.2. The second-order valence-electron chi connectivity index (χ2n) is 16.6. The Labute approximate surface area is 370 Å². The fourth-order valence-corrected chi connectivity index (χ4v) is 9.67. The van der Waals surface area contributed by atoms with Crippen LogP contribution in [-0.4, -0.2) is 122 Å². The number of thiocarbonyl (C=S) groups is 1. The van der Waals surface area contributed by atoms with Crippen LogP contribution in [0.5, 0.6) is 0 Å². The Bertz CT molecular complexity index is 2330. The van der Waals surface area contributed by atoms with Gasteiger partial charge in [0, 0.05) is 51.1 Å². The number of piperidine rings is 1. The molecule has 4 aliphatic rings. The van der Waals surface area contributed by atoms with E-state index in [4.69, 9.17) is 17.0 Å². The van der Waals surface area contributed by atoms with Crippen LogP contribution >= 0.6 is 24.6 Å². The molecule has 1 aliphatic carbocycles. The normalized spacial score (nSPS) is 23.7. The molecule has 4 fully saturated rings. The van der Waals surface area contributed by atoms with Gasteiger partial charge in [-0.05, 0) is 82.4 Å². The average Bonchev–Trinajstić information content (AvgIpc) is 3.63. The van der Waals surface area contributed by atoms with Gasteiger partial charge < -0.3 is 15.0 Å². The van der Waals surface area contributed by atoms with Crippen molar-refractivity contribution in [1.82, 2.24) is 29.8 Å². The highest BCUT2D eigenvalue weighted by molar-refractivity contribution is 7.80. The number of halogens is 7. The molecule has 1 unspecified atom stereocenters. The Hall–Kier alpha value is -4.88. The lowest BCUT2D eigenvalue weighted by atomic mass is 9.89. The number of nitrogens with one attached hydrogen (secondary N) is 2. The number of ether oxygens (including phenoxy) is 1. The van der Waals surface area contributed by atoms with Crippen molar-refractivity contribution in [2.24, 2.45) is 7.05 Å². The van der Waals surface area contributed by atoms with Gasteiger partial charge in [-0.25, -0.2) is 0 Å². The summed E-state index contributed by atoms with van der Waals surface area (Å²) in [5.74, 6) is -2.66. The maximum absolute atomic E-state index is 14.4. The molecule has 1 saturated carbocycles. The minimum atomic E-state index is -4.82. The largest absolute Gasteiger partial charge is 0.417 e. The summed E-state index contributed by atoms with van der Waals surface area (Å²) in [7, 11) is 1.63. The number of amides is 4. The van der Waals surface area contributed by atoms with Crippen LogP contribution in [0.2, 0.25) is 0 Å². The topological polar surface area (TPSA) is 156 Å². The van der Waals surface area contributed by atoms with Crippen molar-refractivity contribution >= 4 is 75.6 Å². The molecule has 3 saturated heterocycles. The molecule has 340 valence electrons. The Morgan fingerprint density at radius 2 is 1.76 bits per heavy atom. The lowest BCUT2D eigenvalue weighted by Gasteiger charge is -2.42. The Kier molecular flexibility index (Phi) is 13.8. The Balaban J connectivity index is 0.00000661. The molecule has 4 amide bonds. The summed E-state index contributed by atoms with van der Waals surface area (Å²) in [5, 5.41) is 19.4. The second kappa shape index (κ2) is 18.3. The molecule has 7 rings (SSSR count). The number of fused-ring (bicyclic) bond motifs is 1. The van der Waals surface area contributed by atoms with Crippen LogP contribution in [0, 0.1) is 11.3 Å². The summed E-state index contributed by atoms with van der Waals surface area (Å²) in [6, 6.07) is 7.44. The summed E-state index contributed by atoms with van der Waals surface area (Å²) < 4.78 is 92.2. The molecule has 0 bridgehead atoms. The summed E-state index contributed by atoms with van der Waals surface area (Å²) in [6.07, 6.45) is -7.03. The molecule has 4 heterocycles. The Morgan fingerprint density at radius 3 is 2.41 bits per heavy atom. The molecule has 2 N–H and O–H groups in total. The predicted molar refractivity (Wildman–Crippen MR) is 224 cm³/mol. The second-order valence-corrected chi connectivity index (χ2v) is 16.9. The highest BCUT2D eigenvalue weighted by Gasteiger charge is 2.53. The number of carbonyl (C=O) groups excluding carboxylic acids is 4. The van der Waals surface area contributed by atoms with Crippen molar-refractivity contribution in [2.75, 3.05) is 49.5 Å². The third-order valence-corrected chi connectivity index (χ3v) is 12.6. The van der Waals surface area contributed by atoms with Crippen molar-refractivity contribution in [2.45, 2.75) is 94.4 Å². The van der Waals surface area contributed by atoms with Crippen LogP contribution in [0.3, 0.4) is 0 Å². The number of aromatic nitrogens is 2. The monoisotopic (exact) mass is 925 g/mol. The summed E-state index contributed by atoms with van der Waals surface area (Å²) >= 11 is 5.69. The maximum atomic E-state index is 14.4. The van der Waals surface area contributed by atoms with Gasteiger partial charge in [-0.15, -0.1) is 12.4 Å². The zero-order chi connectivity index (χ0) is 44.9. The van der Waals surface area contributed by atoms with Gasteiger partial charge in [0.2, 0.25) is 17.7 Å². The molecule has 14 nitrogen and oxygen atoms in total. The number of nitriles is 1. The SMILES string of the molecule is Cl.Cn1nc(C2CCC(=O)NC2=O)c2cccc(NC(=O)CN3CCN(CCOC4CCC(N5C(=S)N(c6ccc(C#N)c(C(F)(F)F)c6)C(=O)C5(C)C)CC4)C[C@@H]3C(F)(F)F)c21. The minimum Gasteiger partial charge on any atom is -0.377 e. The van der Waals surface area contributed by atoms with Crippen LogP contribution in [-0.2, 0) is 37.1 Å². The molecule has 0 spiro atoms. The number of alkyl halides is 6. The molecule has 1 aromatic heterocycles. The molecule has 0 radical (unpaired) electrons. The first kappa shape index (κ1) is 47.6. The van der Waals surface area contributed by atoms with Crippen LogP contribution in [0.25, 0.3) is 10.9 Å². The zero-order valence-electron chi connectivity index (χ0n) is 34.5. The van der Waals surface area contributed by atoms with E-state index < -0.39 is 65.2 Å². The van der Waals surface area contributed by atoms with E-state index in [0.29, 0.717) is 48.0 Å². The fourth-order valence-electron chi connectivity index (χ4n) is 9.10. The smallest absolute Gasteiger partial charge is 0.377 e. The highest BCUT2D eigenvalue weighted by Crippen LogP contribution is 2.41. The third kappa shape index (κ3) is 9.65. The highest BCUT2D eigenvalue weighted by atomic mass is 35.5. The quantitative estimate of drug-likeness (QED) is 0.148. The lowest BCUT2D eigenvalue weighted by Crippen LogP contribution is -2.60. The summed E-state index contributed by atoms with van der Waals surface area (Å²) in [5.41, 5.74) is -1.75. The molecular weight excluding hydrogens is 880 g/mol. The average molecular weight is 926 g/mol. The van der Waals surface area contributed by atoms with E-state index in [9.17, 15) is 50.8 Å². The van der Waals surface area contributed by atoms with Crippen LogP contribution in [0.4, 0.5) is 37.7 Å². The first-order valence-corrected chi connectivity index (χ1v) is 20.6. The van der Waals surface area contributed by atoms with Gasteiger partial charge in [-0.1, -0.05) is 12.1 Å². The molecule has 3 aliphatic heterocycles. The number of nitrogens with zero attached hydrogens (tertiary/aromatic N) is 7. The third-order valence-electron chi connectivity index (χ3n) is 12.2. The molecule has 63 heavy (non-hydrogen) atoms. The van der Waals surface area contributed by atoms with Gasteiger partial charge in [0.1, 0.15) is 11.6 Å². The number of rotatable bonds is 10. The van der Waals surface area contributed by atoms with Crippen LogP contribution in [0.15, 0.2) is 36.4 Å². The summed E-state index contributed by atoms with van der Waals surface area (Å²) in [4.78, 5) is 56.8. The fraction of sp³-hybridized carbons (Fsp3) is 0.537. The van der Waals surface area contributed by atoms with Gasteiger partial charge in [0.05, 0.1) is 65.0 Å².